The van der Waals surface area contributed by atoms with E-state index in [0.29, 0.717) is 6.54 Å². The third-order valence-electron chi connectivity index (χ3n) is 0.920. The molecular formula is C4H6INO2. The topological polar surface area (TPSA) is 38.3 Å². The van der Waals surface area contributed by atoms with Gasteiger partial charge in [0.2, 0.25) is 0 Å². The SMILES string of the molecule is O=C1NC[C@H](CI)O1. The molecule has 1 atom stereocenters. The zero-order valence-electron chi connectivity index (χ0n) is 4.19. The summed E-state index contributed by atoms with van der Waals surface area (Å²) in [6, 6.07) is 0. The summed E-state index contributed by atoms with van der Waals surface area (Å²) < 4.78 is 5.62. The summed E-state index contributed by atoms with van der Waals surface area (Å²) in [5.41, 5.74) is 0. The van der Waals surface area contributed by atoms with Crippen LogP contribution in [0.25, 0.3) is 0 Å². The number of carbonyl (C=O) groups excluding carboxylic acids is 1. The smallest absolute Gasteiger partial charge is 0.407 e. The molecule has 0 aliphatic carbocycles. The summed E-state index contributed by atoms with van der Waals surface area (Å²) in [6.07, 6.45) is -0.185. The van der Waals surface area contributed by atoms with E-state index in [1.165, 1.54) is 0 Å². The first kappa shape index (κ1) is 6.12. The molecule has 0 bridgehead atoms. The Balaban J connectivity index is 2.32. The van der Waals surface area contributed by atoms with E-state index < -0.39 is 0 Å². The lowest BCUT2D eigenvalue weighted by Gasteiger charge is -1.98. The fourth-order valence-electron chi connectivity index (χ4n) is 0.518. The van der Waals surface area contributed by atoms with Crippen LogP contribution in [0.5, 0.6) is 0 Å². The zero-order chi connectivity index (χ0) is 5.98. The van der Waals surface area contributed by atoms with Gasteiger partial charge < -0.3 is 10.1 Å². The van der Waals surface area contributed by atoms with Crippen molar-refractivity contribution in [3.8, 4) is 0 Å². The van der Waals surface area contributed by atoms with Gasteiger partial charge in [0.05, 0.1) is 6.54 Å². The molecule has 1 fully saturated rings. The van der Waals surface area contributed by atoms with Crippen LogP contribution < -0.4 is 5.32 Å². The maximum absolute atomic E-state index is 10.3. The van der Waals surface area contributed by atoms with E-state index in [0.717, 1.165) is 4.43 Å². The van der Waals surface area contributed by atoms with E-state index >= 15 is 0 Å². The van der Waals surface area contributed by atoms with Gasteiger partial charge in [-0.25, -0.2) is 4.79 Å². The second kappa shape index (κ2) is 2.52. The molecule has 0 radical (unpaired) electrons. The number of cyclic esters (lactones) is 1. The first-order chi connectivity index (χ1) is 3.83. The van der Waals surface area contributed by atoms with Crippen molar-refractivity contribution in [1.82, 2.24) is 5.32 Å². The van der Waals surface area contributed by atoms with Crippen molar-refractivity contribution < 1.29 is 9.53 Å². The second-order valence-electron chi connectivity index (χ2n) is 1.56. The van der Waals surface area contributed by atoms with Gasteiger partial charge in [-0.05, 0) is 0 Å². The van der Waals surface area contributed by atoms with Crippen molar-refractivity contribution in [1.29, 1.82) is 0 Å². The summed E-state index contributed by atoms with van der Waals surface area (Å²) >= 11 is 2.18. The number of rotatable bonds is 1. The van der Waals surface area contributed by atoms with Gasteiger partial charge in [0, 0.05) is 4.43 Å². The van der Waals surface area contributed by atoms with Crippen LogP contribution in [-0.4, -0.2) is 23.2 Å². The molecule has 1 amide bonds. The Morgan fingerprint density at radius 3 is 3.00 bits per heavy atom. The molecule has 1 rings (SSSR count). The van der Waals surface area contributed by atoms with Crippen LogP contribution in [0.2, 0.25) is 0 Å². The molecule has 0 saturated carbocycles. The molecule has 1 saturated heterocycles. The third-order valence-corrected chi connectivity index (χ3v) is 1.90. The van der Waals surface area contributed by atoms with Crippen LogP contribution in [-0.2, 0) is 4.74 Å². The molecule has 4 heteroatoms. The van der Waals surface area contributed by atoms with Crippen molar-refractivity contribution in [3.05, 3.63) is 0 Å². The van der Waals surface area contributed by atoms with Crippen molar-refractivity contribution in [2.24, 2.45) is 0 Å². The summed E-state index contributed by atoms with van der Waals surface area (Å²) in [6.45, 7) is 0.668. The minimum Gasteiger partial charge on any atom is -0.444 e. The maximum atomic E-state index is 10.3. The Labute approximate surface area is 60.9 Å². The highest BCUT2D eigenvalue weighted by molar-refractivity contribution is 14.1. The van der Waals surface area contributed by atoms with Gasteiger partial charge in [0.1, 0.15) is 6.10 Å². The molecule has 0 aromatic carbocycles. The fraction of sp³-hybridized carbons (Fsp3) is 0.750. The van der Waals surface area contributed by atoms with Crippen LogP contribution in [0, 0.1) is 0 Å². The molecule has 1 heterocycles. The summed E-state index contributed by atoms with van der Waals surface area (Å²) in [5.74, 6) is 0. The van der Waals surface area contributed by atoms with E-state index in [1.807, 2.05) is 0 Å². The lowest BCUT2D eigenvalue weighted by Crippen LogP contribution is -2.15. The average molecular weight is 227 g/mol. The van der Waals surface area contributed by atoms with Crippen molar-refractivity contribution in [3.63, 3.8) is 0 Å². The molecular weight excluding hydrogens is 221 g/mol. The molecule has 3 nitrogen and oxygen atoms in total. The first-order valence-corrected chi connectivity index (χ1v) is 3.86. The maximum Gasteiger partial charge on any atom is 0.407 e. The Morgan fingerprint density at radius 1 is 2.00 bits per heavy atom. The van der Waals surface area contributed by atoms with E-state index in [9.17, 15) is 4.79 Å². The van der Waals surface area contributed by atoms with E-state index in [1.54, 1.807) is 0 Å². The lowest BCUT2D eigenvalue weighted by atomic mass is 10.4. The quantitative estimate of drug-likeness (QED) is 0.524. The molecule has 1 aliphatic rings. The summed E-state index contributed by atoms with van der Waals surface area (Å²) in [4.78, 5) is 10.3. The van der Waals surface area contributed by atoms with Gasteiger partial charge in [-0.3, -0.25) is 0 Å². The number of hydrogen-bond donors (Lipinski definition) is 1. The summed E-state index contributed by atoms with van der Waals surface area (Å²) in [7, 11) is 0. The fourth-order valence-corrected chi connectivity index (χ4v) is 1.01. The molecule has 46 valence electrons. The van der Waals surface area contributed by atoms with E-state index in [2.05, 4.69) is 27.9 Å². The largest absolute Gasteiger partial charge is 0.444 e. The third kappa shape index (κ3) is 1.24. The van der Waals surface area contributed by atoms with E-state index in [4.69, 9.17) is 4.74 Å². The number of nitrogens with one attached hydrogen (secondary N) is 1. The first-order valence-electron chi connectivity index (χ1n) is 2.33. The predicted octanol–water partition coefficient (Wildman–Crippen LogP) is 0.530. The van der Waals surface area contributed by atoms with Gasteiger partial charge in [-0.15, -0.1) is 0 Å². The predicted molar refractivity (Wildman–Crippen MR) is 37.2 cm³/mol. The average Bonchev–Trinajstić information content (AvgIpc) is 2.14. The van der Waals surface area contributed by atoms with E-state index in [-0.39, 0.29) is 12.2 Å². The van der Waals surface area contributed by atoms with Crippen LogP contribution in [0.3, 0.4) is 0 Å². The lowest BCUT2D eigenvalue weighted by molar-refractivity contribution is 0.151. The van der Waals surface area contributed by atoms with Crippen molar-refractivity contribution in [2.45, 2.75) is 6.10 Å². The molecule has 1 N–H and O–H groups in total. The van der Waals surface area contributed by atoms with Gasteiger partial charge in [0.15, 0.2) is 0 Å². The molecule has 1 aliphatic heterocycles. The molecule has 8 heavy (non-hydrogen) atoms. The number of hydrogen-bond acceptors (Lipinski definition) is 2. The highest BCUT2D eigenvalue weighted by Crippen LogP contribution is 2.02. The number of halogens is 1. The van der Waals surface area contributed by atoms with Gasteiger partial charge in [-0.1, -0.05) is 22.6 Å². The molecule has 0 spiro atoms. The Morgan fingerprint density at radius 2 is 2.75 bits per heavy atom. The Hall–Kier alpha value is -0.0000000000000000555. The Kier molecular flexibility index (Phi) is 1.93. The van der Waals surface area contributed by atoms with Gasteiger partial charge in [0.25, 0.3) is 0 Å². The van der Waals surface area contributed by atoms with Crippen LogP contribution >= 0.6 is 22.6 Å². The standard InChI is InChI=1S/C4H6INO2/c5-1-3-2-6-4(7)8-3/h3H,1-2H2,(H,6,7)/t3-/m0/s1. The van der Waals surface area contributed by atoms with Crippen molar-refractivity contribution >= 4 is 28.7 Å². The monoisotopic (exact) mass is 227 g/mol. The van der Waals surface area contributed by atoms with Crippen molar-refractivity contribution in [2.75, 3.05) is 11.0 Å². The van der Waals surface area contributed by atoms with Gasteiger partial charge in [-0.2, -0.15) is 0 Å². The molecule has 0 unspecified atom stereocenters. The molecule has 0 aromatic heterocycles. The normalized spacial score (nSPS) is 27.1. The minimum absolute atomic E-state index is 0.100. The van der Waals surface area contributed by atoms with Crippen LogP contribution in [0.1, 0.15) is 0 Å². The minimum atomic E-state index is -0.285. The number of carbonyl (C=O) groups is 1. The number of alkyl halides is 1. The Bertz CT molecular complexity index is 106. The van der Waals surface area contributed by atoms with Crippen LogP contribution in [0.4, 0.5) is 4.79 Å². The van der Waals surface area contributed by atoms with Crippen LogP contribution in [0.15, 0.2) is 0 Å². The zero-order valence-corrected chi connectivity index (χ0v) is 6.34. The number of ether oxygens (including phenoxy) is 1. The van der Waals surface area contributed by atoms with Gasteiger partial charge >= 0.3 is 6.09 Å². The highest BCUT2D eigenvalue weighted by Gasteiger charge is 2.20. The summed E-state index contributed by atoms with van der Waals surface area (Å²) in [5, 5.41) is 2.55. The molecule has 0 aromatic rings. The highest BCUT2D eigenvalue weighted by atomic mass is 127. The number of amides is 1. The second-order valence-corrected chi connectivity index (χ2v) is 2.44. The number of alkyl carbamates (subject to hydrolysis) is 1.